The fourth-order valence-electron chi connectivity index (χ4n) is 1.63. The minimum absolute atomic E-state index is 0.0325. The maximum atomic E-state index is 11.7. The van der Waals surface area contributed by atoms with Gasteiger partial charge >= 0.3 is 0 Å². The number of aliphatic hydroxyl groups is 1. The molecule has 0 aromatic rings. The predicted octanol–water partition coefficient (Wildman–Crippen LogP) is 1.23. The predicted molar refractivity (Wildman–Crippen MR) is 55.8 cm³/mol. The zero-order valence-electron chi connectivity index (χ0n) is 8.70. The van der Waals surface area contributed by atoms with Crippen molar-refractivity contribution in [1.29, 1.82) is 0 Å². The van der Waals surface area contributed by atoms with Crippen LogP contribution in [-0.4, -0.2) is 23.7 Å². The molecular weight excluding hydrogens is 178 g/mol. The van der Waals surface area contributed by atoms with Crippen molar-refractivity contribution in [3.63, 3.8) is 0 Å². The third-order valence-electron chi connectivity index (χ3n) is 2.70. The van der Waals surface area contributed by atoms with E-state index in [1.165, 1.54) is 0 Å². The summed E-state index contributed by atoms with van der Waals surface area (Å²) in [5.41, 5.74) is 0. The van der Waals surface area contributed by atoms with Crippen LogP contribution in [0.5, 0.6) is 0 Å². The number of allylic oxidation sites excluding steroid dienone is 2. The molecular formula is C11H19NO2. The van der Waals surface area contributed by atoms with Gasteiger partial charge in [0.25, 0.3) is 0 Å². The topological polar surface area (TPSA) is 49.3 Å². The summed E-state index contributed by atoms with van der Waals surface area (Å²) in [7, 11) is 0. The first-order chi connectivity index (χ1) is 6.77. The van der Waals surface area contributed by atoms with E-state index in [-0.39, 0.29) is 24.5 Å². The molecule has 0 spiro atoms. The summed E-state index contributed by atoms with van der Waals surface area (Å²) in [5, 5.41) is 11.8. The van der Waals surface area contributed by atoms with Gasteiger partial charge in [0.1, 0.15) is 0 Å². The largest absolute Gasteiger partial charge is 0.394 e. The molecule has 2 atom stereocenters. The van der Waals surface area contributed by atoms with Crippen LogP contribution < -0.4 is 5.32 Å². The van der Waals surface area contributed by atoms with Crippen LogP contribution in [0, 0.1) is 5.92 Å². The first kappa shape index (κ1) is 11.2. The van der Waals surface area contributed by atoms with Gasteiger partial charge in [-0.05, 0) is 25.7 Å². The lowest BCUT2D eigenvalue weighted by molar-refractivity contribution is -0.126. The second-order valence-corrected chi connectivity index (χ2v) is 3.78. The van der Waals surface area contributed by atoms with Crippen LogP contribution in [0.25, 0.3) is 0 Å². The molecule has 0 aromatic heterocycles. The minimum atomic E-state index is -0.0755. The van der Waals surface area contributed by atoms with Gasteiger partial charge in [-0.3, -0.25) is 4.79 Å². The molecule has 0 saturated heterocycles. The van der Waals surface area contributed by atoms with E-state index in [4.69, 9.17) is 5.11 Å². The Morgan fingerprint density at radius 1 is 1.64 bits per heavy atom. The zero-order chi connectivity index (χ0) is 10.4. The number of amides is 1. The van der Waals surface area contributed by atoms with E-state index in [0.29, 0.717) is 0 Å². The van der Waals surface area contributed by atoms with Crippen LogP contribution in [-0.2, 0) is 4.79 Å². The average Bonchev–Trinajstić information content (AvgIpc) is 2.26. The molecule has 1 aliphatic carbocycles. The molecule has 0 heterocycles. The number of carbonyl (C=O) groups is 1. The molecule has 0 radical (unpaired) electrons. The van der Waals surface area contributed by atoms with Gasteiger partial charge in [-0.1, -0.05) is 19.1 Å². The Morgan fingerprint density at radius 2 is 2.43 bits per heavy atom. The number of hydrogen-bond donors (Lipinski definition) is 2. The van der Waals surface area contributed by atoms with Gasteiger partial charge in [-0.2, -0.15) is 0 Å². The lowest BCUT2D eigenvalue weighted by Gasteiger charge is -2.21. The maximum Gasteiger partial charge on any atom is 0.223 e. The molecule has 80 valence electrons. The minimum Gasteiger partial charge on any atom is -0.394 e. The smallest absolute Gasteiger partial charge is 0.223 e. The van der Waals surface area contributed by atoms with Crippen LogP contribution in [0.4, 0.5) is 0 Å². The third kappa shape index (κ3) is 3.14. The van der Waals surface area contributed by atoms with Crippen molar-refractivity contribution in [3.05, 3.63) is 12.2 Å². The van der Waals surface area contributed by atoms with Crippen molar-refractivity contribution in [2.45, 2.75) is 38.6 Å². The van der Waals surface area contributed by atoms with Crippen molar-refractivity contribution >= 4 is 5.91 Å². The van der Waals surface area contributed by atoms with Crippen LogP contribution >= 0.6 is 0 Å². The van der Waals surface area contributed by atoms with Gasteiger partial charge in [0.2, 0.25) is 5.91 Å². The van der Waals surface area contributed by atoms with Crippen LogP contribution in [0.2, 0.25) is 0 Å². The number of aliphatic hydroxyl groups excluding tert-OH is 1. The van der Waals surface area contributed by atoms with E-state index < -0.39 is 0 Å². The van der Waals surface area contributed by atoms with Crippen LogP contribution in [0.1, 0.15) is 32.6 Å². The lowest BCUT2D eigenvalue weighted by atomic mass is 9.93. The third-order valence-corrected chi connectivity index (χ3v) is 2.70. The molecule has 14 heavy (non-hydrogen) atoms. The molecule has 3 heteroatoms. The summed E-state index contributed by atoms with van der Waals surface area (Å²) in [5.74, 6) is 0.204. The quantitative estimate of drug-likeness (QED) is 0.666. The summed E-state index contributed by atoms with van der Waals surface area (Å²) >= 11 is 0. The van der Waals surface area contributed by atoms with Gasteiger partial charge in [0.05, 0.1) is 12.6 Å². The number of carbonyl (C=O) groups excluding carboxylic acids is 1. The van der Waals surface area contributed by atoms with Gasteiger partial charge in [-0.15, -0.1) is 0 Å². The second kappa shape index (κ2) is 5.81. The summed E-state index contributed by atoms with van der Waals surface area (Å²) in [6.45, 7) is 1.99. The molecule has 1 aliphatic rings. The molecule has 0 saturated carbocycles. The van der Waals surface area contributed by atoms with Gasteiger partial charge in [-0.25, -0.2) is 0 Å². The molecule has 1 unspecified atom stereocenters. The molecule has 3 nitrogen and oxygen atoms in total. The molecule has 2 N–H and O–H groups in total. The summed E-state index contributed by atoms with van der Waals surface area (Å²) < 4.78 is 0. The SMILES string of the molecule is CC[C@H](CO)NC(=O)C1CC=CCC1. The zero-order valence-corrected chi connectivity index (χ0v) is 8.70. The van der Waals surface area contributed by atoms with Crippen molar-refractivity contribution in [2.75, 3.05) is 6.61 Å². The Morgan fingerprint density at radius 3 is 2.93 bits per heavy atom. The molecule has 1 rings (SSSR count). The summed E-state index contributed by atoms with van der Waals surface area (Å²) in [4.78, 5) is 11.7. The molecule has 0 fully saturated rings. The monoisotopic (exact) mass is 197 g/mol. The highest BCUT2D eigenvalue weighted by Gasteiger charge is 2.20. The normalized spacial score (nSPS) is 23.1. The van der Waals surface area contributed by atoms with Crippen molar-refractivity contribution < 1.29 is 9.90 Å². The van der Waals surface area contributed by atoms with E-state index >= 15 is 0 Å². The van der Waals surface area contributed by atoms with E-state index in [1.54, 1.807) is 0 Å². The standard InChI is InChI=1S/C11H19NO2/c1-2-10(8-13)12-11(14)9-6-4-3-5-7-9/h3-4,9-10,13H,2,5-8H2,1H3,(H,12,14)/t9?,10-/m1/s1. The highest BCUT2D eigenvalue weighted by Crippen LogP contribution is 2.18. The second-order valence-electron chi connectivity index (χ2n) is 3.78. The number of hydrogen-bond acceptors (Lipinski definition) is 2. The van der Waals surface area contributed by atoms with Crippen LogP contribution in [0.15, 0.2) is 12.2 Å². The highest BCUT2D eigenvalue weighted by atomic mass is 16.3. The average molecular weight is 197 g/mol. The van der Waals surface area contributed by atoms with Gasteiger partial charge in [0.15, 0.2) is 0 Å². The van der Waals surface area contributed by atoms with E-state index in [9.17, 15) is 4.79 Å². The van der Waals surface area contributed by atoms with Gasteiger partial charge < -0.3 is 10.4 Å². The lowest BCUT2D eigenvalue weighted by Crippen LogP contribution is -2.40. The molecule has 1 amide bonds. The first-order valence-corrected chi connectivity index (χ1v) is 5.34. The maximum absolute atomic E-state index is 11.7. The number of rotatable bonds is 4. The van der Waals surface area contributed by atoms with Crippen molar-refractivity contribution in [2.24, 2.45) is 5.92 Å². The summed E-state index contributed by atoms with van der Waals surface area (Å²) in [6.07, 6.45) is 7.73. The van der Waals surface area contributed by atoms with E-state index in [2.05, 4.69) is 17.5 Å². The van der Waals surface area contributed by atoms with E-state index in [1.807, 2.05) is 6.92 Å². The van der Waals surface area contributed by atoms with Crippen molar-refractivity contribution in [3.8, 4) is 0 Å². The Bertz CT molecular complexity index is 209. The number of nitrogens with one attached hydrogen (secondary N) is 1. The molecule has 0 aromatic carbocycles. The molecule has 0 bridgehead atoms. The Balaban J connectivity index is 2.36. The first-order valence-electron chi connectivity index (χ1n) is 5.34. The summed E-state index contributed by atoms with van der Waals surface area (Å²) in [6, 6.07) is -0.0755. The fourth-order valence-corrected chi connectivity index (χ4v) is 1.63. The Kier molecular flexibility index (Phi) is 4.66. The molecule has 0 aliphatic heterocycles. The van der Waals surface area contributed by atoms with Gasteiger partial charge in [0, 0.05) is 5.92 Å². The highest BCUT2D eigenvalue weighted by molar-refractivity contribution is 5.79. The van der Waals surface area contributed by atoms with Crippen LogP contribution in [0.3, 0.4) is 0 Å². The van der Waals surface area contributed by atoms with E-state index in [0.717, 1.165) is 25.7 Å². The fraction of sp³-hybridized carbons (Fsp3) is 0.727. The van der Waals surface area contributed by atoms with Crippen molar-refractivity contribution in [1.82, 2.24) is 5.32 Å². The Labute approximate surface area is 85.2 Å². The Hall–Kier alpha value is -0.830.